The van der Waals surface area contributed by atoms with Crippen molar-refractivity contribution in [3.05, 3.63) is 10.2 Å². The standard InChI is InChI=1S/C4H3BrF2N2O/c5-1-2(3(6)7)9-10-4(1)8/h3H,8H2. The highest BCUT2D eigenvalue weighted by molar-refractivity contribution is 9.10. The summed E-state index contributed by atoms with van der Waals surface area (Å²) in [5.41, 5.74) is 4.61. The first-order valence-electron chi connectivity index (χ1n) is 2.31. The fraction of sp³-hybridized carbons (Fsp3) is 0.250. The monoisotopic (exact) mass is 212 g/mol. The lowest BCUT2D eigenvalue weighted by Gasteiger charge is -1.89. The van der Waals surface area contributed by atoms with Crippen LogP contribution >= 0.6 is 15.9 Å². The Bertz CT molecular complexity index is 237. The summed E-state index contributed by atoms with van der Waals surface area (Å²) in [7, 11) is 0. The number of halogens is 3. The van der Waals surface area contributed by atoms with Gasteiger partial charge in [0, 0.05) is 0 Å². The Morgan fingerprint density at radius 2 is 2.20 bits per heavy atom. The van der Waals surface area contributed by atoms with Crippen molar-refractivity contribution in [1.82, 2.24) is 5.16 Å². The maximum absolute atomic E-state index is 11.8. The van der Waals surface area contributed by atoms with Crippen LogP contribution in [-0.2, 0) is 0 Å². The van der Waals surface area contributed by atoms with Gasteiger partial charge in [0.25, 0.3) is 6.43 Å². The summed E-state index contributed by atoms with van der Waals surface area (Å²) in [6, 6.07) is 0. The first kappa shape index (κ1) is 7.46. The molecule has 1 heterocycles. The van der Waals surface area contributed by atoms with Gasteiger partial charge in [0.15, 0.2) is 5.69 Å². The number of nitrogens with zero attached hydrogens (tertiary/aromatic N) is 1. The molecule has 0 fully saturated rings. The smallest absolute Gasteiger partial charge is 0.284 e. The van der Waals surface area contributed by atoms with Gasteiger partial charge in [-0.2, -0.15) is 0 Å². The number of nitrogens with two attached hydrogens (primary N) is 1. The molecule has 0 unspecified atom stereocenters. The van der Waals surface area contributed by atoms with Crippen LogP contribution in [0.3, 0.4) is 0 Å². The molecule has 6 heteroatoms. The lowest BCUT2D eigenvalue weighted by atomic mass is 10.4. The molecule has 56 valence electrons. The molecule has 0 aliphatic carbocycles. The van der Waals surface area contributed by atoms with E-state index in [0.29, 0.717) is 0 Å². The number of alkyl halides is 2. The van der Waals surface area contributed by atoms with Crippen LogP contribution in [0.4, 0.5) is 14.7 Å². The summed E-state index contributed by atoms with van der Waals surface area (Å²) in [5, 5.41) is 3.02. The molecule has 2 N–H and O–H groups in total. The number of nitrogen functional groups attached to an aromatic ring is 1. The molecule has 1 rings (SSSR count). The number of anilines is 1. The Kier molecular flexibility index (Phi) is 1.89. The van der Waals surface area contributed by atoms with Crippen LogP contribution in [0.1, 0.15) is 12.1 Å². The van der Waals surface area contributed by atoms with Gasteiger partial charge < -0.3 is 10.3 Å². The predicted octanol–water partition coefficient (Wildman–Crippen LogP) is 1.96. The highest BCUT2D eigenvalue weighted by atomic mass is 79.9. The average Bonchev–Trinajstić information content (AvgIpc) is 2.14. The summed E-state index contributed by atoms with van der Waals surface area (Å²) < 4.78 is 28.0. The zero-order valence-corrected chi connectivity index (χ0v) is 6.23. The maximum Gasteiger partial charge on any atom is 0.284 e. The average molecular weight is 213 g/mol. The molecule has 0 atom stereocenters. The van der Waals surface area contributed by atoms with Crippen molar-refractivity contribution in [2.45, 2.75) is 6.43 Å². The van der Waals surface area contributed by atoms with E-state index in [9.17, 15) is 8.78 Å². The van der Waals surface area contributed by atoms with Crippen molar-refractivity contribution >= 4 is 21.8 Å². The minimum absolute atomic E-state index is 0.0301. The minimum Gasteiger partial charge on any atom is -0.367 e. The molecule has 10 heavy (non-hydrogen) atoms. The molecule has 1 aromatic heterocycles. The highest BCUT2D eigenvalue weighted by Crippen LogP contribution is 2.30. The zero-order valence-electron chi connectivity index (χ0n) is 4.64. The summed E-state index contributed by atoms with van der Waals surface area (Å²) in [6.45, 7) is 0. The third-order valence-electron chi connectivity index (χ3n) is 0.890. The number of hydrogen-bond donors (Lipinski definition) is 1. The van der Waals surface area contributed by atoms with E-state index >= 15 is 0 Å². The van der Waals surface area contributed by atoms with Crippen LogP contribution in [0.5, 0.6) is 0 Å². The van der Waals surface area contributed by atoms with E-state index in [1.54, 1.807) is 0 Å². The van der Waals surface area contributed by atoms with Crippen molar-refractivity contribution in [2.75, 3.05) is 5.73 Å². The molecule has 0 amide bonds. The lowest BCUT2D eigenvalue weighted by molar-refractivity contribution is 0.140. The van der Waals surface area contributed by atoms with E-state index in [-0.39, 0.29) is 10.4 Å². The molecule has 0 saturated heterocycles. The molecule has 0 bridgehead atoms. The molecule has 3 nitrogen and oxygen atoms in total. The van der Waals surface area contributed by atoms with Crippen LogP contribution in [0, 0.1) is 0 Å². The van der Waals surface area contributed by atoms with Crippen LogP contribution in [0.25, 0.3) is 0 Å². The second kappa shape index (κ2) is 2.53. The van der Waals surface area contributed by atoms with Gasteiger partial charge in [-0.3, -0.25) is 0 Å². The van der Waals surface area contributed by atoms with Gasteiger partial charge in [-0.15, -0.1) is 0 Å². The van der Waals surface area contributed by atoms with Crippen LogP contribution in [0.15, 0.2) is 9.00 Å². The number of aromatic nitrogens is 1. The fourth-order valence-corrected chi connectivity index (χ4v) is 0.758. The normalized spacial score (nSPS) is 10.8. The third-order valence-corrected chi connectivity index (χ3v) is 1.69. The van der Waals surface area contributed by atoms with E-state index in [1.165, 1.54) is 0 Å². The molecular formula is C4H3BrF2N2O. The second-order valence-electron chi connectivity index (χ2n) is 1.55. The van der Waals surface area contributed by atoms with Gasteiger partial charge >= 0.3 is 0 Å². The van der Waals surface area contributed by atoms with Crippen molar-refractivity contribution < 1.29 is 13.3 Å². The Morgan fingerprint density at radius 1 is 1.60 bits per heavy atom. The minimum atomic E-state index is -2.66. The van der Waals surface area contributed by atoms with Crippen molar-refractivity contribution in [3.63, 3.8) is 0 Å². The van der Waals surface area contributed by atoms with Gasteiger partial charge in [-0.25, -0.2) is 8.78 Å². The van der Waals surface area contributed by atoms with E-state index in [2.05, 4.69) is 25.6 Å². The molecule has 0 radical (unpaired) electrons. The summed E-state index contributed by atoms with van der Waals surface area (Å²) in [4.78, 5) is 0. The molecule has 0 aromatic carbocycles. The maximum atomic E-state index is 11.8. The molecule has 0 spiro atoms. The third kappa shape index (κ3) is 1.11. The fourth-order valence-electron chi connectivity index (χ4n) is 0.440. The van der Waals surface area contributed by atoms with E-state index in [0.717, 1.165) is 0 Å². The van der Waals surface area contributed by atoms with Crippen LogP contribution < -0.4 is 5.73 Å². The molecule has 1 aromatic rings. The van der Waals surface area contributed by atoms with Crippen LogP contribution in [0.2, 0.25) is 0 Å². The SMILES string of the molecule is Nc1onc(C(F)F)c1Br. The van der Waals surface area contributed by atoms with Crippen LogP contribution in [-0.4, -0.2) is 5.16 Å². The van der Waals surface area contributed by atoms with Gasteiger partial charge in [0.05, 0.1) is 0 Å². The molecule has 0 aliphatic heterocycles. The number of rotatable bonds is 1. The Balaban J connectivity index is 3.05. The second-order valence-corrected chi connectivity index (χ2v) is 2.34. The van der Waals surface area contributed by atoms with Gasteiger partial charge in [0.2, 0.25) is 5.88 Å². The van der Waals surface area contributed by atoms with Crippen molar-refractivity contribution in [1.29, 1.82) is 0 Å². The van der Waals surface area contributed by atoms with Gasteiger partial charge in [0.1, 0.15) is 4.47 Å². The summed E-state index contributed by atoms with van der Waals surface area (Å²) in [6.07, 6.45) is -2.66. The largest absolute Gasteiger partial charge is 0.367 e. The predicted molar refractivity (Wildman–Crippen MR) is 33.6 cm³/mol. The van der Waals surface area contributed by atoms with E-state index in [4.69, 9.17) is 5.73 Å². The molecular weight excluding hydrogens is 210 g/mol. The number of hydrogen-bond acceptors (Lipinski definition) is 3. The Morgan fingerprint density at radius 3 is 2.40 bits per heavy atom. The van der Waals surface area contributed by atoms with Gasteiger partial charge in [-0.05, 0) is 15.9 Å². The Labute approximate surface area is 63.3 Å². The molecule has 0 aliphatic rings. The lowest BCUT2D eigenvalue weighted by Crippen LogP contribution is -1.85. The topological polar surface area (TPSA) is 52.0 Å². The van der Waals surface area contributed by atoms with E-state index in [1.807, 2.05) is 0 Å². The Hall–Kier alpha value is -0.650. The van der Waals surface area contributed by atoms with Gasteiger partial charge in [-0.1, -0.05) is 5.16 Å². The first-order chi connectivity index (χ1) is 4.63. The van der Waals surface area contributed by atoms with Crippen molar-refractivity contribution in [2.24, 2.45) is 0 Å². The summed E-state index contributed by atoms with van der Waals surface area (Å²) >= 11 is 2.79. The van der Waals surface area contributed by atoms with E-state index < -0.39 is 12.1 Å². The first-order valence-corrected chi connectivity index (χ1v) is 3.11. The van der Waals surface area contributed by atoms with Crippen molar-refractivity contribution in [3.8, 4) is 0 Å². The quantitative estimate of drug-likeness (QED) is 0.775. The molecule has 0 saturated carbocycles. The zero-order chi connectivity index (χ0) is 7.72. The highest BCUT2D eigenvalue weighted by Gasteiger charge is 2.19. The summed E-state index contributed by atoms with van der Waals surface area (Å²) in [5.74, 6) is -0.129.